The molecule has 4 atom stereocenters. The van der Waals surface area contributed by atoms with Gasteiger partial charge < -0.3 is 39.9 Å². The van der Waals surface area contributed by atoms with E-state index in [2.05, 4.69) is 74.1 Å². The Morgan fingerprint density at radius 3 is 1.59 bits per heavy atom. The molecule has 4 aromatic rings. The molecule has 56 heavy (non-hydrogen) atoms. The Balaban J connectivity index is 1.02. The number of nitrogens with one attached hydrogen (secondary N) is 4. The number of nitrogens with zero attached hydrogens (tertiary/aromatic N) is 4. The SMILES string of the molecule is COC(=O)N[C@H](C(=O)N1CCC[C@H]1c1ncc(-c2ccc(-c3ccc(-c4cnc([C@@H]5CC6(CC6)CN5C(=O)[C@@H](NC(=O)OC)C(C)C)[nH]4)cc3)cc2)[nH]1)C(C)C. The number of aromatic nitrogens is 4. The smallest absolute Gasteiger partial charge is 0.407 e. The summed E-state index contributed by atoms with van der Waals surface area (Å²) in [5, 5.41) is 5.44. The molecule has 4 amide bonds. The number of H-pyrrole nitrogens is 2. The molecule has 0 bridgehead atoms. The van der Waals surface area contributed by atoms with Gasteiger partial charge in [0.1, 0.15) is 23.7 Å². The van der Waals surface area contributed by atoms with Crippen LogP contribution in [-0.4, -0.2) is 93.1 Å². The number of carbonyl (C=O) groups excluding carboxylic acids is 4. The molecule has 296 valence electrons. The van der Waals surface area contributed by atoms with Gasteiger partial charge in [0.2, 0.25) is 11.8 Å². The van der Waals surface area contributed by atoms with Crippen LogP contribution in [0.3, 0.4) is 0 Å². The molecule has 4 N–H and O–H groups in total. The molecular weight excluding hydrogens is 713 g/mol. The third kappa shape index (κ3) is 7.87. The topological polar surface area (TPSA) is 175 Å². The van der Waals surface area contributed by atoms with E-state index in [0.717, 1.165) is 77.4 Å². The Labute approximate surface area is 327 Å². The van der Waals surface area contributed by atoms with Crippen LogP contribution in [0.5, 0.6) is 0 Å². The number of likely N-dealkylation sites (tertiary alicyclic amines) is 2. The van der Waals surface area contributed by atoms with Crippen molar-refractivity contribution in [1.29, 1.82) is 0 Å². The number of ether oxygens (including phenoxy) is 2. The molecule has 1 aliphatic carbocycles. The third-order valence-electron chi connectivity index (χ3n) is 11.6. The summed E-state index contributed by atoms with van der Waals surface area (Å²) in [6.07, 6.45) is 7.04. The first-order valence-electron chi connectivity index (χ1n) is 19.5. The van der Waals surface area contributed by atoms with Crippen LogP contribution in [0, 0.1) is 17.3 Å². The standard InChI is InChI=1S/C42H52N8O6/c1-24(2)34(47-40(53)55-5)38(51)49-19-7-8-32(49)36-43-21-30(45-36)28-13-9-26(10-14-28)27-11-15-29(16-12-27)31-22-44-37(46-31)33-20-42(17-18-42)23-50(33)39(52)35(25(3)4)48-41(54)56-6/h9-16,21-22,24-25,32-35H,7-8,17-20,23H2,1-6H3,(H,43,45)(H,44,46)(H,47,53)(H,48,54)/t32-,33-,34-,35-/m0/s1. The minimum atomic E-state index is -0.687. The summed E-state index contributed by atoms with van der Waals surface area (Å²) in [6.45, 7) is 8.89. The average molecular weight is 765 g/mol. The van der Waals surface area contributed by atoms with Crippen molar-refractivity contribution < 1.29 is 28.7 Å². The number of benzene rings is 2. The molecule has 2 aliphatic heterocycles. The summed E-state index contributed by atoms with van der Waals surface area (Å²) < 4.78 is 9.56. The van der Waals surface area contributed by atoms with Gasteiger partial charge in [-0.05, 0) is 71.6 Å². The normalized spacial score (nSPS) is 19.6. The predicted octanol–water partition coefficient (Wildman–Crippen LogP) is 6.61. The number of amides is 4. The minimum absolute atomic E-state index is 0.104. The molecular formula is C42H52N8O6. The van der Waals surface area contributed by atoms with Crippen LogP contribution >= 0.6 is 0 Å². The van der Waals surface area contributed by atoms with E-state index in [1.165, 1.54) is 14.2 Å². The Morgan fingerprint density at radius 1 is 0.696 bits per heavy atom. The summed E-state index contributed by atoms with van der Waals surface area (Å²) in [7, 11) is 2.59. The summed E-state index contributed by atoms with van der Waals surface area (Å²) in [5.41, 5.74) is 5.94. The monoisotopic (exact) mass is 764 g/mol. The molecule has 1 spiro atoms. The molecule has 3 aliphatic rings. The van der Waals surface area contributed by atoms with Gasteiger partial charge in [0.05, 0.1) is 50.1 Å². The van der Waals surface area contributed by atoms with Crippen LogP contribution in [-0.2, 0) is 19.1 Å². The molecule has 4 heterocycles. The van der Waals surface area contributed by atoms with Gasteiger partial charge in [-0.2, -0.15) is 0 Å². The van der Waals surface area contributed by atoms with E-state index in [1.807, 2.05) is 43.7 Å². The lowest BCUT2D eigenvalue weighted by atomic mass is 10.0. The number of imidazole rings is 2. The highest BCUT2D eigenvalue weighted by Crippen LogP contribution is 2.58. The number of aromatic amines is 2. The van der Waals surface area contributed by atoms with E-state index in [-0.39, 0.29) is 41.1 Å². The van der Waals surface area contributed by atoms with Crippen molar-refractivity contribution in [3.63, 3.8) is 0 Å². The average Bonchev–Trinajstić information content (AvgIpc) is 3.73. The maximum atomic E-state index is 13.8. The second-order valence-corrected chi connectivity index (χ2v) is 16.1. The molecule has 0 unspecified atom stereocenters. The van der Waals surface area contributed by atoms with Gasteiger partial charge in [0.15, 0.2) is 0 Å². The van der Waals surface area contributed by atoms with Crippen molar-refractivity contribution in [2.45, 2.75) is 84.0 Å². The molecule has 1 saturated carbocycles. The fourth-order valence-corrected chi connectivity index (χ4v) is 8.13. The second-order valence-electron chi connectivity index (χ2n) is 16.1. The van der Waals surface area contributed by atoms with E-state index in [1.54, 1.807) is 6.20 Å². The van der Waals surface area contributed by atoms with Crippen molar-refractivity contribution in [2.75, 3.05) is 27.3 Å². The van der Waals surface area contributed by atoms with Gasteiger partial charge in [0.25, 0.3) is 0 Å². The van der Waals surface area contributed by atoms with E-state index >= 15 is 0 Å². The maximum Gasteiger partial charge on any atom is 0.407 e. The molecule has 0 radical (unpaired) electrons. The quantitative estimate of drug-likeness (QED) is 0.132. The van der Waals surface area contributed by atoms with Crippen LogP contribution in [0.15, 0.2) is 60.9 Å². The van der Waals surface area contributed by atoms with Crippen LogP contribution in [0.4, 0.5) is 9.59 Å². The number of hydrogen-bond donors (Lipinski definition) is 4. The number of rotatable bonds is 11. The summed E-state index contributed by atoms with van der Waals surface area (Å²) in [4.78, 5) is 71.5. The molecule has 14 nitrogen and oxygen atoms in total. The van der Waals surface area contributed by atoms with Gasteiger partial charge in [-0.15, -0.1) is 0 Å². The molecule has 2 aromatic heterocycles. The highest BCUT2D eigenvalue weighted by Gasteiger charge is 2.55. The summed E-state index contributed by atoms with van der Waals surface area (Å²) in [5.74, 6) is 1.02. The van der Waals surface area contributed by atoms with Gasteiger partial charge in [-0.1, -0.05) is 76.2 Å². The minimum Gasteiger partial charge on any atom is -0.453 e. The number of carbonyl (C=O) groups is 4. The maximum absolute atomic E-state index is 13.8. The zero-order valence-electron chi connectivity index (χ0n) is 32.9. The number of methoxy groups -OCH3 is 2. The van der Waals surface area contributed by atoms with Crippen molar-refractivity contribution in [2.24, 2.45) is 17.3 Å². The first kappa shape index (κ1) is 38.6. The Kier molecular flexibility index (Phi) is 10.9. The lowest BCUT2D eigenvalue weighted by molar-refractivity contribution is -0.136. The number of hydrogen-bond acceptors (Lipinski definition) is 8. The van der Waals surface area contributed by atoms with Gasteiger partial charge >= 0.3 is 12.2 Å². The lowest BCUT2D eigenvalue weighted by Gasteiger charge is -2.30. The van der Waals surface area contributed by atoms with Crippen molar-refractivity contribution in [1.82, 2.24) is 40.4 Å². The zero-order valence-corrected chi connectivity index (χ0v) is 32.9. The van der Waals surface area contributed by atoms with E-state index in [4.69, 9.17) is 14.5 Å². The van der Waals surface area contributed by atoms with Crippen LogP contribution < -0.4 is 10.6 Å². The van der Waals surface area contributed by atoms with Crippen LogP contribution in [0.25, 0.3) is 33.6 Å². The Morgan fingerprint density at radius 2 is 1.14 bits per heavy atom. The number of alkyl carbamates (subject to hydrolysis) is 2. The van der Waals surface area contributed by atoms with E-state index in [0.29, 0.717) is 13.1 Å². The molecule has 2 aromatic carbocycles. The molecule has 7 rings (SSSR count). The summed E-state index contributed by atoms with van der Waals surface area (Å²) >= 11 is 0. The van der Waals surface area contributed by atoms with E-state index < -0.39 is 24.3 Å². The molecule has 3 fully saturated rings. The summed E-state index contributed by atoms with van der Waals surface area (Å²) in [6, 6.07) is 14.8. The van der Waals surface area contributed by atoms with Crippen molar-refractivity contribution in [3.05, 3.63) is 72.6 Å². The van der Waals surface area contributed by atoms with E-state index in [9.17, 15) is 19.2 Å². The first-order chi connectivity index (χ1) is 26.9. The van der Waals surface area contributed by atoms with Gasteiger partial charge in [0, 0.05) is 13.1 Å². The van der Waals surface area contributed by atoms with Gasteiger partial charge in [-0.3, -0.25) is 9.59 Å². The fourth-order valence-electron chi connectivity index (χ4n) is 8.13. The van der Waals surface area contributed by atoms with Crippen molar-refractivity contribution >= 4 is 24.0 Å². The van der Waals surface area contributed by atoms with Crippen molar-refractivity contribution in [3.8, 4) is 33.6 Å². The highest BCUT2D eigenvalue weighted by molar-refractivity contribution is 5.87. The van der Waals surface area contributed by atoms with Gasteiger partial charge in [-0.25, -0.2) is 19.6 Å². The Bertz CT molecular complexity index is 2050. The first-order valence-corrected chi connectivity index (χ1v) is 19.5. The zero-order chi connectivity index (χ0) is 39.7. The predicted molar refractivity (Wildman–Crippen MR) is 210 cm³/mol. The van der Waals surface area contributed by atoms with Crippen LogP contribution in [0.1, 0.15) is 83.5 Å². The lowest BCUT2D eigenvalue weighted by Crippen LogP contribution is -2.51. The molecule has 14 heteroatoms. The third-order valence-corrected chi connectivity index (χ3v) is 11.6. The van der Waals surface area contributed by atoms with Crippen LogP contribution in [0.2, 0.25) is 0 Å². The molecule has 2 saturated heterocycles. The largest absolute Gasteiger partial charge is 0.453 e. The highest BCUT2D eigenvalue weighted by atomic mass is 16.5. The fraction of sp³-hybridized carbons (Fsp3) is 0.476. The second kappa shape index (κ2) is 15.8. The Hall–Kier alpha value is -5.66.